The molecule has 3 heteroatoms. The topological polar surface area (TPSA) is 53.1 Å². The van der Waals surface area contributed by atoms with Crippen LogP contribution in [-0.4, -0.2) is 29.9 Å². The lowest BCUT2D eigenvalue weighted by molar-refractivity contribution is 0.163. The molecule has 0 aliphatic rings. The summed E-state index contributed by atoms with van der Waals surface area (Å²) in [5, 5.41) is 7.21. The van der Waals surface area contributed by atoms with Crippen LogP contribution in [0, 0.1) is 11.3 Å². The summed E-state index contributed by atoms with van der Waals surface area (Å²) in [4.78, 5) is 2.62. The molecule has 0 saturated heterocycles. The van der Waals surface area contributed by atoms with E-state index in [2.05, 4.69) is 32.6 Å². The molecule has 0 saturated carbocycles. The van der Waals surface area contributed by atoms with Gasteiger partial charge in [-0.25, -0.2) is 0 Å². The van der Waals surface area contributed by atoms with Crippen molar-refractivity contribution in [3.05, 3.63) is 0 Å². The molecule has 0 heterocycles. The Morgan fingerprint density at radius 1 is 1.18 bits per heavy atom. The summed E-state index contributed by atoms with van der Waals surface area (Å²) in [5.41, 5.74) is 5.37. The molecule has 0 rings (SSSR count). The third-order valence-corrected chi connectivity index (χ3v) is 3.20. The molecular formula is C14H31N3. The van der Waals surface area contributed by atoms with E-state index >= 15 is 0 Å². The Bertz CT molecular complexity index is 198. The second kappa shape index (κ2) is 9.46. The summed E-state index contributed by atoms with van der Waals surface area (Å²) in [6.07, 6.45) is 5.41. The van der Waals surface area contributed by atoms with Crippen LogP contribution < -0.4 is 5.73 Å². The van der Waals surface area contributed by atoms with Gasteiger partial charge in [0.05, 0.1) is 5.84 Å². The fraction of sp³-hybridized carbons (Fsp3) is 0.929. The second-order valence-electron chi connectivity index (χ2n) is 5.34. The minimum absolute atomic E-state index is 0.322. The maximum absolute atomic E-state index is 7.21. The molecule has 0 fully saturated rings. The number of unbranched alkanes of at least 4 members (excludes halogenated alkanes) is 1. The predicted octanol–water partition coefficient (Wildman–Crippen LogP) is 3.24. The quantitative estimate of drug-likeness (QED) is 0.350. The Morgan fingerprint density at radius 2 is 1.76 bits per heavy atom. The molecular weight excluding hydrogens is 210 g/mol. The minimum atomic E-state index is 0.322. The molecule has 17 heavy (non-hydrogen) atoms. The molecule has 0 atom stereocenters. The van der Waals surface area contributed by atoms with E-state index in [0.29, 0.717) is 5.84 Å². The van der Waals surface area contributed by atoms with Crippen molar-refractivity contribution in [2.75, 3.05) is 13.1 Å². The third-order valence-electron chi connectivity index (χ3n) is 3.20. The summed E-state index contributed by atoms with van der Waals surface area (Å²) in [7, 11) is 0. The predicted molar refractivity (Wildman–Crippen MR) is 76.5 cm³/mol. The third kappa shape index (κ3) is 8.19. The van der Waals surface area contributed by atoms with E-state index in [-0.39, 0.29) is 0 Å². The van der Waals surface area contributed by atoms with Gasteiger partial charge in [-0.3, -0.25) is 5.41 Å². The van der Waals surface area contributed by atoms with Crippen LogP contribution in [0.15, 0.2) is 0 Å². The van der Waals surface area contributed by atoms with Crippen LogP contribution in [0.25, 0.3) is 0 Å². The first-order valence-electron chi connectivity index (χ1n) is 7.08. The number of rotatable bonds is 10. The van der Waals surface area contributed by atoms with Gasteiger partial charge in [0.25, 0.3) is 0 Å². The molecule has 0 radical (unpaired) electrons. The average molecular weight is 241 g/mol. The molecule has 0 aliphatic carbocycles. The number of hydrogen-bond donors (Lipinski definition) is 2. The summed E-state index contributed by atoms with van der Waals surface area (Å²) in [6, 6.07) is 0.717. The van der Waals surface area contributed by atoms with Gasteiger partial charge in [-0.05, 0) is 38.1 Å². The Morgan fingerprint density at radius 3 is 2.18 bits per heavy atom. The van der Waals surface area contributed by atoms with Crippen LogP contribution >= 0.6 is 0 Å². The zero-order valence-electron chi connectivity index (χ0n) is 12.1. The van der Waals surface area contributed by atoms with E-state index in [9.17, 15) is 0 Å². The maximum atomic E-state index is 7.21. The molecule has 3 nitrogen and oxygen atoms in total. The van der Waals surface area contributed by atoms with E-state index < -0.39 is 0 Å². The van der Waals surface area contributed by atoms with Crippen LogP contribution in [0.4, 0.5) is 0 Å². The Balaban J connectivity index is 4.05. The summed E-state index contributed by atoms with van der Waals surface area (Å²) >= 11 is 0. The standard InChI is InChI=1S/C14H31N3/c1-5-13(6-2)17(11-12(3)4)10-8-7-9-14(15)16/h12-13H,5-11H2,1-4H3,(H3,15,16). The van der Waals surface area contributed by atoms with Crippen molar-refractivity contribution in [1.29, 1.82) is 5.41 Å². The van der Waals surface area contributed by atoms with Gasteiger partial charge in [-0.2, -0.15) is 0 Å². The average Bonchev–Trinajstić information content (AvgIpc) is 2.24. The molecule has 0 unspecified atom stereocenters. The molecule has 0 spiro atoms. The Hall–Kier alpha value is -0.570. The van der Waals surface area contributed by atoms with Crippen molar-refractivity contribution < 1.29 is 0 Å². The summed E-state index contributed by atoms with van der Waals surface area (Å²) in [5.74, 6) is 1.05. The van der Waals surface area contributed by atoms with E-state index in [1.807, 2.05) is 0 Å². The van der Waals surface area contributed by atoms with Crippen LogP contribution in [0.1, 0.15) is 59.8 Å². The molecule has 0 aromatic carbocycles. The molecule has 0 aromatic heterocycles. The normalized spacial score (nSPS) is 11.7. The van der Waals surface area contributed by atoms with Gasteiger partial charge in [0.15, 0.2) is 0 Å². The zero-order chi connectivity index (χ0) is 13.3. The van der Waals surface area contributed by atoms with Crippen molar-refractivity contribution in [1.82, 2.24) is 4.90 Å². The van der Waals surface area contributed by atoms with Gasteiger partial charge in [-0.1, -0.05) is 27.7 Å². The highest BCUT2D eigenvalue weighted by atomic mass is 15.1. The first-order valence-corrected chi connectivity index (χ1v) is 7.08. The fourth-order valence-electron chi connectivity index (χ4n) is 2.33. The number of nitrogens with zero attached hydrogens (tertiary/aromatic N) is 1. The zero-order valence-corrected chi connectivity index (χ0v) is 12.1. The van der Waals surface area contributed by atoms with Crippen molar-refractivity contribution in [2.45, 2.75) is 65.8 Å². The van der Waals surface area contributed by atoms with Crippen molar-refractivity contribution in [2.24, 2.45) is 11.7 Å². The van der Waals surface area contributed by atoms with Gasteiger partial charge >= 0.3 is 0 Å². The molecule has 0 aromatic rings. The Kier molecular flexibility index (Phi) is 9.14. The van der Waals surface area contributed by atoms with Gasteiger partial charge < -0.3 is 10.6 Å². The summed E-state index contributed by atoms with van der Waals surface area (Å²) in [6.45, 7) is 11.5. The number of nitrogens with one attached hydrogen (secondary N) is 1. The highest BCUT2D eigenvalue weighted by Crippen LogP contribution is 2.13. The molecule has 0 aliphatic heterocycles. The van der Waals surface area contributed by atoms with Gasteiger partial charge in [0.2, 0.25) is 0 Å². The fourth-order valence-corrected chi connectivity index (χ4v) is 2.33. The highest BCUT2D eigenvalue weighted by molar-refractivity contribution is 5.76. The van der Waals surface area contributed by atoms with Gasteiger partial charge in [-0.15, -0.1) is 0 Å². The number of amidine groups is 1. The molecule has 3 N–H and O–H groups in total. The first kappa shape index (κ1) is 16.4. The monoisotopic (exact) mass is 241 g/mol. The lowest BCUT2D eigenvalue weighted by Gasteiger charge is -2.32. The molecule has 102 valence electrons. The Labute approximate surface area is 107 Å². The number of nitrogens with two attached hydrogens (primary N) is 1. The first-order chi connectivity index (χ1) is 8.01. The van der Waals surface area contributed by atoms with Crippen molar-refractivity contribution in [3.63, 3.8) is 0 Å². The lowest BCUT2D eigenvalue weighted by Crippen LogP contribution is -2.38. The van der Waals surface area contributed by atoms with Crippen LogP contribution in [0.2, 0.25) is 0 Å². The molecule has 0 amide bonds. The van der Waals surface area contributed by atoms with Crippen molar-refractivity contribution in [3.8, 4) is 0 Å². The lowest BCUT2D eigenvalue weighted by atomic mass is 10.1. The minimum Gasteiger partial charge on any atom is -0.388 e. The van der Waals surface area contributed by atoms with Crippen molar-refractivity contribution >= 4 is 5.84 Å². The van der Waals surface area contributed by atoms with Crippen LogP contribution in [-0.2, 0) is 0 Å². The smallest absolute Gasteiger partial charge is 0.0905 e. The van der Waals surface area contributed by atoms with E-state index in [0.717, 1.165) is 37.8 Å². The molecule has 0 bridgehead atoms. The number of hydrogen-bond acceptors (Lipinski definition) is 2. The largest absolute Gasteiger partial charge is 0.388 e. The van der Waals surface area contributed by atoms with Gasteiger partial charge in [0.1, 0.15) is 0 Å². The van der Waals surface area contributed by atoms with Crippen LogP contribution in [0.3, 0.4) is 0 Å². The maximum Gasteiger partial charge on any atom is 0.0905 e. The summed E-state index contributed by atoms with van der Waals surface area (Å²) < 4.78 is 0. The van der Waals surface area contributed by atoms with E-state index in [1.165, 1.54) is 19.4 Å². The SMILES string of the molecule is CCC(CC)N(CCCCC(=N)N)CC(C)C. The van der Waals surface area contributed by atoms with Gasteiger partial charge in [0, 0.05) is 19.0 Å². The second-order valence-corrected chi connectivity index (χ2v) is 5.34. The highest BCUT2D eigenvalue weighted by Gasteiger charge is 2.15. The van der Waals surface area contributed by atoms with E-state index in [1.54, 1.807) is 0 Å². The van der Waals surface area contributed by atoms with E-state index in [4.69, 9.17) is 11.1 Å². The van der Waals surface area contributed by atoms with Crippen LogP contribution in [0.5, 0.6) is 0 Å².